The van der Waals surface area contributed by atoms with Crippen LogP contribution < -0.4 is 4.74 Å². The van der Waals surface area contributed by atoms with Crippen molar-refractivity contribution in [2.75, 3.05) is 6.61 Å². The molecule has 3 rings (SSSR count). The molecular formula is C22H24BrN3O3. The van der Waals surface area contributed by atoms with Crippen LogP contribution in [0.15, 0.2) is 45.0 Å². The van der Waals surface area contributed by atoms with Gasteiger partial charge >= 0.3 is 5.91 Å². The monoisotopic (exact) mass is 457 g/mol. The number of azo groups is 1. The molecular weight excluding hydrogens is 434 g/mol. The molecule has 0 aliphatic heterocycles. The van der Waals surface area contributed by atoms with Crippen molar-refractivity contribution in [1.29, 1.82) is 0 Å². The summed E-state index contributed by atoms with van der Waals surface area (Å²) in [5.74, 6) is 0.449. The van der Waals surface area contributed by atoms with Gasteiger partial charge in [-0.15, -0.1) is 10.2 Å². The highest BCUT2D eigenvalue weighted by atomic mass is 79.9. The zero-order valence-corrected chi connectivity index (χ0v) is 18.7. The van der Waals surface area contributed by atoms with Crippen molar-refractivity contribution in [2.45, 2.75) is 33.6 Å². The molecule has 1 N–H and O–H groups in total. The number of halogens is 1. The standard InChI is InChI=1S/C22H24BrN3O3/c1-12(2)15-7-6-14(4)18(10-15)29-11-19(27)24-25-20-16-8-13(3)9-17(23)21(16)26(5)22(20)28/h6-10,12,28H,11H2,1-5H3. The molecule has 1 aromatic heterocycles. The van der Waals surface area contributed by atoms with E-state index in [-0.39, 0.29) is 18.2 Å². The number of rotatable bonds is 5. The third-order valence-electron chi connectivity index (χ3n) is 4.82. The number of fused-ring (bicyclic) bond motifs is 1. The van der Waals surface area contributed by atoms with E-state index < -0.39 is 5.91 Å². The third kappa shape index (κ3) is 4.34. The number of ether oxygens (including phenoxy) is 1. The number of amides is 1. The molecule has 3 aromatic rings. The van der Waals surface area contributed by atoms with Gasteiger partial charge in [0.05, 0.1) is 5.52 Å². The molecule has 0 atom stereocenters. The van der Waals surface area contributed by atoms with Crippen LogP contribution in [0.3, 0.4) is 0 Å². The minimum absolute atomic E-state index is 0.0516. The molecule has 2 aromatic carbocycles. The van der Waals surface area contributed by atoms with Gasteiger partial charge in [0, 0.05) is 16.9 Å². The summed E-state index contributed by atoms with van der Waals surface area (Å²) in [5, 5.41) is 18.9. The van der Waals surface area contributed by atoms with Crippen LogP contribution in [-0.2, 0) is 11.8 Å². The molecule has 6 nitrogen and oxygen atoms in total. The van der Waals surface area contributed by atoms with Crippen LogP contribution in [0.5, 0.6) is 11.6 Å². The minimum atomic E-state index is -0.525. The Balaban J connectivity index is 1.80. The quantitative estimate of drug-likeness (QED) is 0.471. The zero-order chi connectivity index (χ0) is 21.3. The van der Waals surface area contributed by atoms with Gasteiger partial charge in [0.2, 0.25) is 5.88 Å². The van der Waals surface area contributed by atoms with Crippen LogP contribution in [0.25, 0.3) is 10.9 Å². The SMILES string of the molecule is Cc1cc(Br)c2c(c1)c(N=NC(=O)COc1cc(C(C)C)ccc1C)c(O)n2C. The molecule has 0 bridgehead atoms. The molecule has 1 amide bonds. The van der Waals surface area contributed by atoms with Crippen molar-refractivity contribution >= 4 is 38.4 Å². The number of benzene rings is 2. The Morgan fingerprint density at radius 3 is 2.66 bits per heavy atom. The lowest BCUT2D eigenvalue weighted by molar-refractivity contribution is -0.120. The first-order valence-electron chi connectivity index (χ1n) is 9.34. The van der Waals surface area contributed by atoms with E-state index in [4.69, 9.17) is 4.74 Å². The van der Waals surface area contributed by atoms with E-state index in [9.17, 15) is 9.90 Å². The smallest absolute Gasteiger partial charge is 0.302 e. The van der Waals surface area contributed by atoms with Gasteiger partial charge in [-0.05, 0) is 70.6 Å². The molecule has 0 saturated heterocycles. The number of hydrogen-bond donors (Lipinski definition) is 1. The Morgan fingerprint density at radius 1 is 1.24 bits per heavy atom. The zero-order valence-electron chi connectivity index (χ0n) is 17.2. The Bertz CT molecular complexity index is 1120. The molecule has 0 aliphatic rings. The van der Waals surface area contributed by atoms with Gasteiger partial charge in [-0.3, -0.25) is 4.79 Å². The summed E-state index contributed by atoms with van der Waals surface area (Å²) in [6.07, 6.45) is 0. The van der Waals surface area contributed by atoms with Gasteiger partial charge in [-0.25, -0.2) is 0 Å². The normalized spacial score (nSPS) is 11.7. The molecule has 0 fully saturated rings. The molecule has 0 saturated carbocycles. The maximum atomic E-state index is 12.2. The second kappa shape index (κ2) is 8.37. The Kier molecular flexibility index (Phi) is 6.07. The van der Waals surface area contributed by atoms with Crippen LogP contribution in [-0.4, -0.2) is 22.2 Å². The van der Waals surface area contributed by atoms with Crippen molar-refractivity contribution in [3.8, 4) is 11.6 Å². The van der Waals surface area contributed by atoms with Crippen LogP contribution in [0.1, 0.15) is 36.5 Å². The molecule has 152 valence electrons. The maximum absolute atomic E-state index is 12.2. The number of carbonyl (C=O) groups is 1. The average molecular weight is 458 g/mol. The topological polar surface area (TPSA) is 76.2 Å². The fourth-order valence-electron chi connectivity index (χ4n) is 3.15. The second-order valence-electron chi connectivity index (χ2n) is 7.44. The van der Waals surface area contributed by atoms with E-state index in [2.05, 4.69) is 46.1 Å². The van der Waals surface area contributed by atoms with Crippen LogP contribution >= 0.6 is 15.9 Å². The lowest BCUT2D eigenvalue weighted by Crippen LogP contribution is -2.09. The second-order valence-corrected chi connectivity index (χ2v) is 8.29. The van der Waals surface area contributed by atoms with E-state index >= 15 is 0 Å². The van der Waals surface area contributed by atoms with Crippen LogP contribution in [0, 0.1) is 13.8 Å². The highest BCUT2D eigenvalue weighted by Gasteiger charge is 2.17. The van der Waals surface area contributed by atoms with Crippen molar-refractivity contribution < 1.29 is 14.6 Å². The summed E-state index contributed by atoms with van der Waals surface area (Å²) < 4.78 is 8.10. The van der Waals surface area contributed by atoms with E-state index in [1.807, 2.05) is 38.1 Å². The van der Waals surface area contributed by atoms with E-state index in [1.54, 1.807) is 11.6 Å². The minimum Gasteiger partial charge on any atom is -0.493 e. The first-order valence-corrected chi connectivity index (χ1v) is 10.1. The number of carbonyl (C=O) groups excluding carboxylic acids is 1. The number of aromatic nitrogens is 1. The summed E-state index contributed by atoms with van der Waals surface area (Å²) in [6.45, 7) is 7.86. The Labute approximate surface area is 178 Å². The number of aryl methyl sites for hydroxylation is 3. The largest absolute Gasteiger partial charge is 0.493 e. The van der Waals surface area contributed by atoms with Crippen LogP contribution in [0.4, 0.5) is 5.69 Å². The highest BCUT2D eigenvalue weighted by Crippen LogP contribution is 2.41. The van der Waals surface area contributed by atoms with Crippen molar-refractivity contribution in [1.82, 2.24) is 4.57 Å². The van der Waals surface area contributed by atoms with Crippen molar-refractivity contribution in [3.63, 3.8) is 0 Å². The van der Waals surface area contributed by atoms with E-state index in [1.165, 1.54) is 0 Å². The number of aromatic hydroxyl groups is 1. The molecule has 29 heavy (non-hydrogen) atoms. The van der Waals surface area contributed by atoms with Crippen LogP contribution in [0.2, 0.25) is 0 Å². The predicted octanol–water partition coefficient (Wildman–Crippen LogP) is 6.08. The van der Waals surface area contributed by atoms with Gasteiger partial charge in [0.25, 0.3) is 0 Å². The fourth-order valence-corrected chi connectivity index (χ4v) is 3.99. The highest BCUT2D eigenvalue weighted by molar-refractivity contribution is 9.10. The van der Waals surface area contributed by atoms with Gasteiger partial charge in [-0.1, -0.05) is 26.0 Å². The third-order valence-corrected chi connectivity index (χ3v) is 5.42. The van der Waals surface area contributed by atoms with Gasteiger partial charge in [0.1, 0.15) is 5.75 Å². The average Bonchev–Trinajstić information content (AvgIpc) is 2.89. The van der Waals surface area contributed by atoms with Gasteiger partial charge in [-0.2, -0.15) is 0 Å². The molecule has 0 unspecified atom stereocenters. The summed E-state index contributed by atoms with van der Waals surface area (Å²) >= 11 is 3.51. The first-order chi connectivity index (χ1) is 13.7. The van der Waals surface area contributed by atoms with Gasteiger partial charge < -0.3 is 14.4 Å². The van der Waals surface area contributed by atoms with E-state index in [0.29, 0.717) is 11.7 Å². The fraction of sp³-hybridized carbons (Fsp3) is 0.318. The Morgan fingerprint density at radius 2 is 1.97 bits per heavy atom. The van der Waals surface area contributed by atoms with E-state index in [0.717, 1.165) is 32.1 Å². The Hall–Kier alpha value is -2.67. The van der Waals surface area contributed by atoms with Crippen molar-refractivity contribution in [3.05, 3.63) is 51.5 Å². The number of nitrogens with zero attached hydrogens (tertiary/aromatic N) is 3. The molecule has 1 heterocycles. The summed E-state index contributed by atoms with van der Waals surface area (Å²) in [4.78, 5) is 12.2. The lowest BCUT2D eigenvalue weighted by atomic mass is 10.0. The molecule has 7 heteroatoms. The lowest BCUT2D eigenvalue weighted by Gasteiger charge is -2.11. The summed E-state index contributed by atoms with van der Waals surface area (Å²) in [6, 6.07) is 9.83. The van der Waals surface area contributed by atoms with Crippen molar-refractivity contribution in [2.24, 2.45) is 17.3 Å². The predicted molar refractivity (Wildman–Crippen MR) is 117 cm³/mol. The number of hydrogen-bond acceptors (Lipinski definition) is 4. The summed E-state index contributed by atoms with van der Waals surface area (Å²) in [5.41, 5.74) is 4.14. The molecule has 0 radical (unpaired) electrons. The molecule has 0 aliphatic carbocycles. The van der Waals surface area contributed by atoms with Gasteiger partial charge in [0.15, 0.2) is 12.3 Å². The molecule has 0 spiro atoms. The first kappa shape index (κ1) is 21.0. The maximum Gasteiger partial charge on any atom is 0.302 e. The summed E-state index contributed by atoms with van der Waals surface area (Å²) in [7, 11) is 1.73.